The van der Waals surface area contributed by atoms with Crippen LogP contribution < -0.4 is 10.6 Å². The minimum Gasteiger partial charge on any atom is -0.324 e. The van der Waals surface area contributed by atoms with Gasteiger partial charge >= 0.3 is 0 Å². The van der Waals surface area contributed by atoms with Crippen LogP contribution in [0.25, 0.3) is 0 Å². The molecule has 2 amide bonds. The maximum absolute atomic E-state index is 13.2. The van der Waals surface area contributed by atoms with Crippen molar-refractivity contribution in [2.45, 2.75) is 6.92 Å². The van der Waals surface area contributed by atoms with Crippen molar-refractivity contribution in [2.75, 3.05) is 10.6 Å². The Morgan fingerprint density at radius 3 is 2.62 bits per heavy atom. The Morgan fingerprint density at radius 1 is 1.38 bits per heavy atom. The van der Waals surface area contributed by atoms with Crippen LogP contribution >= 0.6 is 0 Å². The zero-order chi connectivity index (χ0) is 12.1. The fourth-order valence-electron chi connectivity index (χ4n) is 1.08. The molecule has 1 rings (SSSR count). The lowest BCUT2D eigenvalue weighted by Gasteiger charge is -2.07. The van der Waals surface area contributed by atoms with Crippen molar-refractivity contribution in [3.8, 4) is 0 Å². The molecular formula is C11H11FN2O2. The largest absolute Gasteiger partial charge is 0.324 e. The lowest BCUT2D eigenvalue weighted by Crippen LogP contribution is -2.10. The summed E-state index contributed by atoms with van der Waals surface area (Å²) in [5.74, 6) is -1.35. The molecule has 2 N–H and O–H groups in total. The molecule has 0 saturated carbocycles. The van der Waals surface area contributed by atoms with Gasteiger partial charge in [0.05, 0.1) is 5.69 Å². The number of halogens is 1. The van der Waals surface area contributed by atoms with E-state index in [9.17, 15) is 14.0 Å². The molecule has 84 valence electrons. The van der Waals surface area contributed by atoms with Gasteiger partial charge in [-0.2, -0.15) is 0 Å². The summed E-state index contributed by atoms with van der Waals surface area (Å²) in [6.45, 7) is 4.56. The minimum atomic E-state index is -0.563. The predicted octanol–water partition coefficient (Wildman–Crippen LogP) is 1.91. The number of rotatable bonds is 3. The monoisotopic (exact) mass is 222 g/mol. The average Bonchev–Trinajstić information content (AvgIpc) is 2.22. The Kier molecular flexibility index (Phi) is 3.77. The second kappa shape index (κ2) is 5.06. The third-order valence-electron chi connectivity index (χ3n) is 1.73. The van der Waals surface area contributed by atoms with Crippen LogP contribution in [-0.4, -0.2) is 11.8 Å². The summed E-state index contributed by atoms with van der Waals surface area (Å²) in [5.41, 5.74) is 0.407. The number of nitrogens with one attached hydrogen (secondary N) is 2. The van der Waals surface area contributed by atoms with Gasteiger partial charge in [0, 0.05) is 12.6 Å². The van der Waals surface area contributed by atoms with Gasteiger partial charge in [0.1, 0.15) is 5.82 Å². The van der Waals surface area contributed by atoms with E-state index in [0.29, 0.717) is 5.69 Å². The number of carbonyl (C=O) groups excluding carboxylic acids is 2. The molecule has 4 nitrogen and oxygen atoms in total. The van der Waals surface area contributed by atoms with Crippen molar-refractivity contribution in [3.63, 3.8) is 0 Å². The van der Waals surface area contributed by atoms with Gasteiger partial charge in [0.2, 0.25) is 11.8 Å². The topological polar surface area (TPSA) is 58.2 Å². The fraction of sp³-hybridized carbons (Fsp3) is 0.0909. The maximum Gasteiger partial charge on any atom is 0.247 e. The summed E-state index contributed by atoms with van der Waals surface area (Å²) < 4.78 is 13.2. The molecule has 1 aromatic carbocycles. The van der Waals surface area contributed by atoms with Crippen molar-refractivity contribution in [3.05, 3.63) is 36.7 Å². The summed E-state index contributed by atoms with van der Waals surface area (Å²) in [5, 5.41) is 4.77. The highest BCUT2D eigenvalue weighted by molar-refractivity contribution is 5.99. The van der Waals surface area contributed by atoms with Crippen molar-refractivity contribution in [2.24, 2.45) is 0 Å². The predicted molar refractivity (Wildman–Crippen MR) is 59.5 cm³/mol. The molecule has 0 bridgehead atoms. The summed E-state index contributed by atoms with van der Waals surface area (Å²) in [6, 6.07) is 3.88. The van der Waals surface area contributed by atoms with Crippen LogP contribution in [0.4, 0.5) is 15.8 Å². The van der Waals surface area contributed by atoms with E-state index in [1.165, 1.54) is 19.1 Å². The van der Waals surface area contributed by atoms with E-state index in [4.69, 9.17) is 0 Å². The average molecular weight is 222 g/mol. The normalized spacial score (nSPS) is 9.38. The number of benzene rings is 1. The summed E-state index contributed by atoms with van der Waals surface area (Å²) >= 11 is 0. The molecule has 0 saturated heterocycles. The Bertz CT molecular complexity index is 444. The first-order chi connectivity index (χ1) is 7.52. The summed E-state index contributed by atoms with van der Waals surface area (Å²) in [6.07, 6.45) is 1.10. The molecule has 0 aliphatic rings. The lowest BCUT2D eigenvalue weighted by molar-refractivity contribution is -0.114. The third-order valence-corrected chi connectivity index (χ3v) is 1.73. The van der Waals surface area contributed by atoms with Gasteiger partial charge in [-0.05, 0) is 24.3 Å². The molecule has 0 atom stereocenters. The second-order valence-electron chi connectivity index (χ2n) is 3.07. The number of anilines is 2. The molecule has 0 heterocycles. The molecule has 0 radical (unpaired) electrons. The van der Waals surface area contributed by atoms with Crippen molar-refractivity contribution in [1.29, 1.82) is 0 Å². The summed E-state index contributed by atoms with van der Waals surface area (Å²) in [7, 11) is 0. The molecule has 0 unspecified atom stereocenters. The van der Waals surface area contributed by atoms with Gasteiger partial charge in [0.25, 0.3) is 0 Å². The first kappa shape index (κ1) is 11.9. The van der Waals surface area contributed by atoms with E-state index in [0.717, 1.165) is 12.1 Å². The first-order valence-corrected chi connectivity index (χ1v) is 4.53. The molecule has 1 aromatic rings. The quantitative estimate of drug-likeness (QED) is 0.767. The molecule has 0 aromatic heterocycles. The molecule has 0 fully saturated rings. The number of amides is 2. The number of hydrogen-bond donors (Lipinski definition) is 2. The van der Waals surface area contributed by atoms with Crippen LogP contribution in [0, 0.1) is 5.82 Å². The zero-order valence-corrected chi connectivity index (χ0v) is 8.71. The maximum atomic E-state index is 13.2. The number of carbonyl (C=O) groups is 2. The lowest BCUT2D eigenvalue weighted by atomic mass is 10.2. The van der Waals surface area contributed by atoms with Crippen LogP contribution in [0.15, 0.2) is 30.9 Å². The van der Waals surface area contributed by atoms with Gasteiger partial charge in [-0.25, -0.2) is 4.39 Å². The van der Waals surface area contributed by atoms with Crippen molar-refractivity contribution in [1.82, 2.24) is 0 Å². The van der Waals surface area contributed by atoms with Crippen LogP contribution in [0.3, 0.4) is 0 Å². The summed E-state index contributed by atoms with van der Waals surface area (Å²) in [4.78, 5) is 21.8. The standard InChI is InChI=1S/C11H11FN2O2/c1-3-11(16)14-8-4-5-9(12)10(6-8)13-7(2)15/h3-6H,1H2,2H3,(H,13,15)(H,14,16). The van der Waals surface area contributed by atoms with E-state index in [-0.39, 0.29) is 11.6 Å². The van der Waals surface area contributed by atoms with Crippen LogP contribution in [0.2, 0.25) is 0 Å². The SMILES string of the molecule is C=CC(=O)Nc1ccc(F)c(NC(C)=O)c1. The highest BCUT2D eigenvalue weighted by Crippen LogP contribution is 2.19. The van der Waals surface area contributed by atoms with Gasteiger partial charge in [0.15, 0.2) is 0 Å². The fourth-order valence-corrected chi connectivity index (χ4v) is 1.08. The Labute approximate surface area is 92.2 Å². The van der Waals surface area contributed by atoms with Gasteiger partial charge < -0.3 is 10.6 Å². The van der Waals surface area contributed by atoms with Crippen molar-refractivity contribution < 1.29 is 14.0 Å². The molecule has 5 heteroatoms. The molecular weight excluding hydrogens is 211 g/mol. The van der Waals surface area contributed by atoms with Crippen molar-refractivity contribution >= 4 is 23.2 Å². The van der Waals surface area contributed by atoms with Gasteiger partial charge in [-0.15, -0.1) is 0 Å². The highest BCUT2D eigenvalue weighted by Gasteiger charge is 2.05. The van der Waals surface area contributed by atoms with E-state index < -0.39 is 11.7 Å². The second-order valence-corrected chi connectivity index (χ2v) is 3.07. The molecule has 0 aliphatic carbocycles. The molecule has 16 heavy (non-hydrogen) atoms. The minimum absolute atomic E-state index is 0.0226. The number of hydrogen-bond acceptors (Lipinski definition) is 2. The Hall–Kier alpha value is -2.17. The van der Waals surface area contributed by atoms with Crippen LogP contribution in [-0.2, 0) is 9.59 Å². The van der Waals surface area contributed by atoms with Crippen LogP contribution in [0.5, 0.6) is 0 Å². The smallest absolute Gasteiger partial charge is 0.247 e. The molecule has 0 spiro atoms. The van der Waals surface area contributed by atoms with E-state index in [1.807, 2.05) is 0 Å². The van der Waals surface area contributed by atoms with Gasteiger partial charge in [-0.1, -0.05) is 6.58 Å². The van der Waals surface area contributed by atoms with E-state index in [2.05, 4.69) is 17.2 Å². The highest BCUT2D eigenvalue weighted by atomic mass is 19.1. The van der Waals surface area contributed by atoms with E-state index >= 15 is 0 Å². The van der Waals surface area contributed by atoms with Crippen LogP contribution in [0.1, 0.15) is 6.92 Å². The third kappa shape index (κ3) is 3.20. The molecule has 0 aliphatic heterocycles. The van der Waals surface area contributed by atoms with Gasteiger partial charge in [-0.3, -0.25) is 9.59 Å². The Balaban J connectivity index is 2.92. The Morgan fingerprint density at radius 2 is 2.06 bits per heavy atom. The first-order valence-electron chi connectivity index (χ1n) is 4.53. The zero-order valence-electron chi connectivity index (χ0n) is 8.71. The van der Waals surface area contributed by atoms with E-state index in [1.54, 1.807) is 0 Å².